The van der Waals surface area contributed by atoms with Crippen LogP contribution in [0, 0.1) is 0 Å². The zero-order valence-electron chi connectivity index (χ0n) is 6.15. The van der Waals surface area contributed by atoms with E-state index in [4.69, 9.17) is 11.8 Å². The van der Waals surface area contributed by atoms with E-state index in [1.807, 2.05) is 0 Å². The van der Waals surface area contributed by atoms with Crippen molar-refractivity contribution in [2.75, 3.05) is 0 Å². The molecular formula is C7H14ClN. The second kappa shape index (κ2) is 6.09. The minimum atomic E-state index is 1.05. The summed E-state index contributed by atoms with van der Waals surface area (Å²) in [5.74, 6) is 0. The van der Waals surface area contributed by atoms with Crippen LogP contribution in [-0.4, -0.2) is 5.71 Å². The molecule has 0 aromatic carbocycles. The van der Waals surface area contributed by atoms with E-state index in [1.165, 1.54) is 0 Å². The summed E-state index contributed by atoms with van der Waals surface area (Å²) in [4.78, 5) is 0. The molecule has 0 heterocycles. The minimum absolute atomic E-state index is 1.05. The van der Waals surface area contributed by atoms with E-state index in [0.717, 1.165) is 31.4 Å². The third-order valence-corrected chi connectivity index (χ3v) is 1.44. The Balaban J connectivity index is 3.43. The summed E-state index contributed by atoms with van der Waals surface area (Å²) in [6, 6.07) is 0. The van der Waals surface area contributed by atoms with Crippen molar-refractivity contribution in [2.24, 2.45) is 4.51 Å². The molecule has 2 heteroatoms. The normalized spacial score (nSPS) is 9.22. The average molecular weight is 148 g/mol. The molecule has 0 unspecified atom stereocenters. The summed E-state index contributed by atoms with van der Waals surface area (Å²) >= 11 is 5.31. The summed E-state index contributed by atoms with van der Waals surface area (Å²) in [5.41, 5.74) is 1.14. The van der Waals surface area contributed by atoms with E-state index < -0.39 is 0 Å². The Hall–Kier alpha value is -0.0400. The molecule has 0 bridgehead atoms. The highest BCUT2D eigenvalue weighted by atomic mass is 35.5. The van der Waals surface area contributed by atoms with E-state index in [9.17, 15) is 0 Å². The van der Waals surface area contributed by atoms with Gasteiger partial charge in [-0.15, -0.1) is 0 Å². The van der Waals surface area contributed by atoms with Crippen LogP contribution >= 0.6 is 11.8 Å². The highest BCUT2D eigenvalue weighted by molar-refractivity contribution is 6.20. The molecule has 0 aromatic heterocycles. The van der Waals surface area contributed by atoms with Gasteiger partial charge in [-0.1, -0.05) is 26.7 Å². The molecule has 9 heavy (non-hydrogen) atoms. The highest BCUT2D eigenvalue weighted by Crippen LogP contribution is 2.01. The Bertz CT molecular complexity index is 80.9. The molecular weight excluding hydrogens is 134 g/mol. The second-order valence-electron chi connectivity index (χ2n) is 2.15. The molecule has 0 saturated carbocycles. The van der Waals surface area contributed by atoms with Crippen LogP contribution in [0.3, 0.4) is 0 Å². The largest absolute Gasteiger partial charge is 0.187 e. The van der Waals surface area contributed by atoms with Gasteiger partial charge in [-0.3, -0.25) is 0 Å². The lowest BCUT2D eigenvalue weighted by molar-refractivity contribution is 0.918. The van der Waals surface area contributed by atoms with Gasteiger partial charge < -0.3 is 0 Å². The average Bonchev–Trinajstić information content (AvgIpc) is 1.88. The minimum Gasteiger partial charge on any atom is -0.187 e. The molecule has 0 amide bonds. The quantitative estimate of drug-likeness (QED) is 0.542. The van der Waals surface area contributed by atoms with E-state index in [0.29, 0.717) is 0 Å². The summed E-state index contributed by atoms with van der Waals surface area (Å²) in [7, 11) is 0. The van der Waals surface area contributed by atoms with Crippen molar-refractivity contribution < 1.29 is 0 Å². The third kappa shape index (κ3) is 4.46. The van der Waals surface area contributed by atoms with Gasteiger partial charge in [0, 0.05) is 17.5 Å². The molecule has 0 radical (unpaired) electrons. The van der Waals surface area contributed by atoms with Crippen LogP contribution in [-0.2, 0) is 0 Å². The van der Waals surface area contributed by atoms with E-state index in [1.54, 1.807) is 0 Å². The van der Waals surface area contributed by atoms with E-state index in [2.05, 4.69) is 18.4 Å². The van der Waals surface area contributed by atoms with Gasteiger partial charge in [-0.2, -0.15) is 4.51 Å². The Morgan fingerprint density at radius 1 is 1.22 bits per heavy atom. The number of hydrogen-bond acceptors (Lipinski definition) is 1. The lowest BCUT2D eigenvalue weighted by atomic mass is 10.1. The Morgan fingerprint density at radius 2 is 1.67 bits per heavy atom. The van der Waals surface area contributed by atoms with Gasteiger partial charge in [0.1, 0.15) is 0 Å². The molecule has 0 spiro atoms. The first-order valence-electron chi connectivity index (χ1n) is 3.51. The molecule has 54 valence electrons. The molecule has 0 atom stereocenters. The highest BCUT2D eigenvalue weighted by Gasteiger charge is 1.93. The maximum atomic E-state index is 5.31. The SMILES string of the molecule is CCCC(CCC)=NCl. The number of hydrogen-bond donors (Lipinski definition) is 0. The maximum Gasteiger partial charge on any atom is 0.0364 e. The molecule has 0 saturated heterocycles. The molecule has 0 rings (SSSR count). The van der Waals surface area contributed by atoms with Crippen LogP contribution in [0.25, 0.3) is 0 Å². The van der Waals surface area contributed by atoms with Gasteiger partial charge in [-0.05, 0) is 12.8 Å². The van der Waals surface area contributed by atoms with Crippen molar-refractivity contribution in [1.82, 2.24) is 0 Å². The van der Waals surface area contributed by atoms with Crippen LogP contribution in [0.1, 0.15) is 39.5 Å². The predicted octanol–water partition coefficient (Wildman–Crippen LogP) is 3.18. The van der Waals surface area contributed by atoms with Crippen LogP contribution < -0.4 is 0 Å². The van der Waals surface area contributed by atoms with Gasteiger partial charge in [0.05, 0.1) is 0 Å². The standard InChI is InChI=1S/C7H14ClN/c1-3-5-7(9-8)6-4-2/h3-6H2,1-2H3. The zero-order valence-corrected chi connectivity index (χ0v) is 6.91. The van der Waals surface area contributed by atoms with Gasteiger partial charge in [-0.25, -0.2) is 0 Å². The van der Waals surface area contributed by atoms with Crippen molar-refractivity contribution in [3.63, 3.8) is 0 Å². The number of halogens is 1. The lowest BCUT2D eigenvalue weighted by Gasteiger charge is -1.97. The van der Waals surface area contributed by atoms with Crippen molar-refractivity contribution in [3.05, 3.63) is 0 Å². The smallest absolute Gasteiger partial charge is 0.0364 e. The maximum absolute atomic E-state index is 5.31. The van der Waals surface area contributed by atoms with Gasteiger partial charge in [0.2, 0.25) is 0 Å². The molecule has 0 aromatic rings. The molecule has 0 N–H and O–H groups in total. The van der Waals surface area contributed by atoms with Gasteiger partial charge >= 0.3 is 0 Å². The first kappa shape index (κ1) is 8.96. The molecule has 0 aliphatic heterocycles. The molecule has 1 nitrogen and oxygen atoms in total. The molecule has 0 aliphatic carbocycles. The monoisotopic (exact) mass is 147 g/mol. The lowest BCUT2D eigenvalue weighted by Crippen LogP contribution is -1.94. The topological polar surface area (TPSA) is 12.4 Å². The number of rotatable bonds is 4. The first-order chi connectivity index (χ1) is 4.35. The first-order valence-corrected chi connectivity index (χ1v) is 3.85. The van der Waals surface area contributed by atoms with Crippen LogP contribution in [0.4, 0.5) is 0 Å². The third-order valence-electron chi connectivity index (χ3n) is 1.20. The van der Waals surface area contributed by atoms with E-state index in [-0.39, 0.29) is 0 Å². The van der Waals surface area contributed by atoms with Crippen molar-refractivity contribution in [2.45, 2.75) is 39.5 Å². The fraction of sp³-hybridized carbons (Fsp3) is 0.857. The summed E-state index contributed by atoms with van der Waals surface area (Å²) in [6.45, 7) is 4.27. The van der Waals surface area contributed by atoms with E-state index >= 15 is 0 Å². The van der Waals surface area contributed by atoms with Crippen LogP contribution in [0.2, 0.25) is 0 Å². The van der Waals surface area contributed by atoms with Crippen molar-refractivity contribution >= 4 is 17.5 Å². The summed E-state index contributed by atoms with van der Waals surface area (Å²) < 4.78 is 3.66. The van der Waals surface area contributed by atoms with Crippen molar-refractivity contribution in [3.8, 4) is 0 Å². The van der Waals surface area contributed by atoms with Crippen molar-refractivity contribution in [1.29, 1.82) is 0 Å². The molecule has 0 fully saturated rings. The fourth-order valence-corrected chi connectivity index (χ4v) is 0.956. The van der Waals surface area contributed by atoms with Gasteiger partial charge in [0.25, 0.3) is 0 Å². The number of nitrogens with zero attached hydrogens (tertiary/aromatic N) is 1. The molecule has 0 aliphatic rings. The Labute approximate surface area is 62.2 Å². The fourth-order valence-electron chi connectivity index (χ4n) is 0.787. The van der Waals surface area contributed by atoms with Crippen LogP contribution in [0.5, 0.6) is 0 Å². The second-order valence-corrected chi connectivity index (χ2v) is 2.32. The summed E-state index contributed by atoms with van der Waals surface area (Å²) in [5, 5.41) is 0. The van der Waals surface area contributed by atoms with Gasteiger partial charge in [0.15, 0.2) is 0 Å². The van der Waals surface area contributed by atoms with Crippen LogP contribution in [0.15, 0.2) is 4.51 Å². The summed E-state index contributed by atoms with van der Waals surface area (Å²) in [6.07, 6.45) is 4.39. The Kier molecular flexibility index (Phi) is 6.06. The zero-order chi connectivity index (χ0) is 7.11. The Morgan fingerprint density at radius 3 is 1.89 bits per heavy atom. The predicted molar refractivity (Wildman–Crippen MR) is 43.1 cm³/mol.